The number of para-hydroxylation sites is 1. The Bertz CT molecular complexity index is 935. The number of ether oxygens (including phenoxy) is 1. The molecule has 0 saturated carbocycles. The lowest BCUT2D eigenvalue weighted by atomic mass is 9.99. The molecule has 33 heavy (non-hydrogen) atoms. The quantitative estimate of drug-likeness (QED) is 0.617. The van der Waals surface area contributed by atoms with Crippen LogP contribution in [0.5, 0.6) is 5.75 Å². The normalized spacial score (nSPS) is 18.8. The Kier molecular flexibility index (Phi) is 7.07. The minimum Gasteiger partial charge on any atom is -0.487 e. The number of carbonyl (C=O) groups excluding carboxylic acids is 1. The van der Waals surface area contributed by atoms with Crippen molar-refractivity contribution in [1.29, 1.82) is 0 Å². The van der Waals surface area contributed by atoms with Crippen LogP contribution in [0.2, 0.25) is 0 Å². The number of piperidine rings is 2. The molecule has 0 spiro atoms. The summed E-state index contributed by atoms with van der Waals surface area (Å²) in [6.07, 6.45) is -1.10. The number of amides is 2. The van der Waals surface area contributed by atoms with Gasteiger partial charge in [-0.25, -0.2) is 9.18 Å². The molecule has 2 saturated heterocycles. The fourth-order valence-electron chi connectivity index (χ4n) is 4.46. The summed E-state index contributed by atoms with van der Waals surface area (Å²) >= 11 is 0. The van der Waals surface area contributed by atoms with Crippen molar-refractivity contribution in [3.63, 3.8) is 0 Å². The van der Waals surface area contributed by atoms with Gasteiger partial charge in [0.15, 0.2) is 11.6 Å². The van der Waals surface area contributed by atoms with E-state index < -0.39 is 11.7 Å². The molecule has 2 aliphatic rings. The first kappa shape index (κ1) is 23.4. The summed E-state index contributed by atoms with van der Waals surface area (Å²) in [5.41, 5.74) is -0.406. The molecule has 9 heteroatoms. The Hall–Kier alpha value is -2.81. The van der Waals surface area contributed by atoms with E-state index in [0.29, 0.717) is 30.6 Å². The zero-order chi connectivity index (χ0) is 23.4. The van der Waals surface area contributed by atoms with Gasteiger partial charge in [-0.1, -0.05) is 12.1 Å². The van der Waals surface area contributed by atoms with Gasteiger partial charge in [0.25, 0.3) is 0 Å². The predicted octanol–water partition coefficient (Wildman–Crippen LogP) is 5.38. The fourth-order valence-corrected chi connectivity index (χ4v) is 4.46. The van der Waals surface area contributed by atoms with Crippen molar-refractivity contribution in [2.45, 2.75) is 44.0 Å². The van der Waals surface area contributed by atoms with Gasteiger partial charge in [0.1, 0.15) is 6.10 Å². The molecule has 0 radical (unpaired) electrons. The predicted molar refractivity (Wildman–Crippen MR) is 117 cm³/mol. The van der Waals surface area contributed by atoms with Crippen LogP contribution in [0.1, 0.15) is 31.2 Å². The average Bonchev–Trinajstić information content (AvgIpc) is 2.81. The number of rotatable bonds is 4. The lowest BCUT2D eigenvalue weighted by Crippen LogP contribution is -2.50. The molecule has 0 aliphatic carbocycles. The number of hydrogen-bond acceptors (Lipinski definition) is 3. The second-order valence-corrected chi connectivity index (χ2v) is 8.51. The number of anilines is 1. The molecule has 2 aromatic carbocycles. The van der Waals surface area contributed by atoms with E-state index in [9.17, 15) is 22.4 Å². The van der Waals surface area contributed by atoms with Crippen LogP contribution in [0.3, 0.4) is 0 Å². The molecule has 2 aromatic rings. The average molecular weight is 465 g/mol. The van der Waals surface area contributed by atoms with Crippen LogP contribution in [0.15, 0.2) is 48.5 Å². The first-order valence-electron chi connectivity index (χ1n) is 11.2. The summed E-state index contributed by atoms with van der Waals surface area (Å²) in [6.45, 7) is 2.90. The van der Waals surface area contributed by atoms with E-state index in [2.05, 4.69) is 10.2 Å². The van der Waals surface area contributed by atoms with Crippen molar-refractivity contribution < 1.29 is 27.1 Å². The highest BCUT2D eigenvalue weighted by Crippen LogP contribution is 2.30. The van der Waals surface area contributed by atoms with Crippen molar-refractivity contribution in [2.24, 2.45) is 0 Å². The maximum Gasteiger partial charge on any atom is 0.416 e. The van der Waals surface area contributed by atoms with Gasteiger partial charge >= 0.3 is 12.2 Å². The highest BCUT2D eigenvalue weighted by Gasteiger charge is 2.31. The van der Waals surface area contributed by atoms with Crippen LogP contribution in [0, 0.1) is 5.82 Å². The number of benzene rings is 2. The van der Waals surface area contributed by atoms with E-state index in [0.717, 1.165) is 50.9 Å². The van der Waals surface area contributed by atoms with E-state index >= 15 is 0 Å². The van der Waals surface area contributed by atoms with E-state index in [-0.39, 0.29) is 18.0 Å². The zero-order valence-corrected chi connectivity index (χ0v) is 18.2. The van der Waals surface area contributed by atoms with E-state index in [1.165, 1.54) is 18.2 Å². The molecular formula is C24H27F4N3O2. The van der Waals surface area contributed by atoms with Gasteiger partial charge < -0.3 is 15.0 Å². The maximum atomic E-state index is 13.8. The Morgan fingerprint density at radius 3 is 2.15 bits per heavy atom. The van der Waals surface area contributed by atoms with Gasteiger partial charge in [-0.05, 0) is 62.1 Å². The summed E-state index contributed by atoms with van der Waals surface area (Å²) in [6, 6.07) is 11.0. The maximum absolute atomic E-state index is 13.8. The van der Waals surface area contributed by atoms with Crippen LogP contribution in [-0.2, 0) is 6.18 Å². The number of nitrogens with one attached hydrogen (secondary N) is 1. The van der Waals surface area contributed by atoms with E-state index in [4.69, 9.17) is 4.74 Å². The van der Waals surface area contributed by atoms with Crippen molar-refractivity contribution in [1.82, 2.24) is 9.80 Å². The smallest absolute Gasteiger partial charge is 0.416 e. The molecule has 178 valence electrons. The number of urea groups is 1. The summed E-state index contributed by atoms with van der Waals surface area (Å²) < 4.78 is 57.7. The monoisotopic (exact) mass is 465 g/mol. The molecule has 0 unspecified atom stereocenters. The van der Waals surface area contributed by atoms with E-state index in [1.54, 1.807) is 23.1 Å². The minimum atomic E-state index is -4.40. The lowest BCUT2D eigenvalue weighted by molar-refractivity contribution is -0.137. The second kappa shape index (κ2) is 9.99. The summed E-state index contributed by atoms with van der Waals surface area (Å²) in [5.74, 6) is -0.0508. The minimum absolute atomic E-state index is 0.00671. The topological polar surface area (TPSA) is 44.8 Å². The van der Waals surface area contributed by atoms with Crippen LogP contribution >= 0.6 is 0 Å². The van der Waals surface area contributed by atoms with Gasteiger partial charge in [-0.3, -0.25) is 4.90 Å². The van der Waals surface area contributed by atoms with Crippen LogP contribution in [0.4, 0.5) is 28.0 Å². The number of hydrogen-bond donors (Lipinski definition) is 1. The molecule has 4 rings (SSSR count). The summed E-state index contributed by atoms with van der Waals surface area (Å²) in [4.78, 5) is 16.6. The molecule has 1 N–H and O–H groups in total. The molecule has 2 heterocycles. The van der Waals surface area contributed by atoms with Gasteiger partial charge in [0, 0.05) is 37.9 Å². The van der Waals surface area contributed by atoms with Crippen molar-refractivity contribution in [2.75, 3.05) is 31.5 Å². The first-order chi connectivity index (χ1) is 15.8. The number of nitrogens with zero attached hydrogens (tertiary/aromatic N) is 2. The summed E-state index contributed by atoms with van der Waals surface area (Å²) in [7, 11) is 0. The van der Waals surface area contributed by atoms with Crippen molar-refractivity contribution in [3.05, 3.63) is 59.9 Å². The molecule has 2 fully saturated rings. The highest BCUT2D eigenvalue weighted by molar-refractivity contribution is 5.89. The molecule has 0 aromatic heterocycles. The van der Waals surface area contributed by atoms with Gasteiger partial charge in [-0.2, -0.15) is 13.2 Å². The third-order valence-corrected chi connectivity index (χ3v) is 6.34. The lowest BCUT2D eigenvalue weighted by Gasteiger charge is -2.41. The van der Waals surface area contributed by atoms with Gasteiger partial charge in [0.05, 0.1) is 5.56 Å². The molecule has 2 aliphatic heterocycles. The second-order valence-electron chi connectivity index (χ2n) is 8.51. The molecule has 0 atom stereocenters. The van der Waals surface area contributed by atoms with Crippen molar-refractivity contribution in [3.8, 4) is 5.75 Å². The van der Waals surface area contributed by atoms with Gasteiger partial charge in [-0.15, -0.1) is 0 Å². The Labute approximate surface area is 190 Å². The molecule has 5 nitrogen and oxygen atoms in total. The molecule has 0 bridgehead atoms. The summed E-state index contributed by atoms with van der Waals surface area (Å²) in [5, 5.41) is 2.68. The number of carbonyl (C=O) groups is 1. The third kappa shape index (κ3) is 5.96. The zero-order valence-electron chi connectivity index (χ0n) is 18.2. The van der Waals surface area contributed by atoms with Crippen LogP contribution in [-0.4, -0.2) is 54.2 Å². The van der Waals surface area contributed by atoms with E-state index in [1.807, 2.05) is 0 Å². The standard InChI is InChI=1S/C24H27F4N3O2/c25-21-3-1-2-4-22(21)33-20-11-15-30(16-12-20)19-9-13-31(14-10-19)23(32)29-18-7-5-17(6-8-18)24(26,27)28/h1-8,19-20H,9-16H2,(H,29,32). The van der Waals surface area contributed by atoms with Crippen LogP contribution in [0.25, 0.3) is 0 Å². The van der Waals surface area contributed by atoms with Crippen molar-refractivity contribution >= 4 is 11.7 Å². The Morgan fingerprint density at radius 2 is 1.55 bits per heavy atom. The Balaban J connectivity index is 1.21. The molecular weight excluding hydrogens is 438 g/mol. The Morgan fingerprint density at radius 1 is 0.909 bits per heavy atom. The largest absolute Gasteiger partial charge is 0.487 e. The number of halogens is 4. The SMILES string of the molecule is O=C(Nc1ccc(C(F)(F)F)cc1)N1CCC(N2CCC(Oc3ccccc3F)CC2)CC1. The fraction of sp³-hybridized carbons (Fsp3) is 0.458. The first-order valence-corrected chi connectivity index (χ1v) is 11.2. The van der Waals surface area contributed by atoms with Crippen LogP contribution < -0.4 is 10.1 Å². The third-order valence-electron chi connectivity index (χ3n) is 6.34. The van der Waals surface area contributed by atoms with Gasteiger partial charge in [0.2, 0.25) is 0 Å². The number of likely N-dealkylation sites (tertiary alicyclic amines) is 2. The molecule has 2 amide bonds. The number of alkyl halides is 3. The highest BCUT2D eigenvalue weighted by atomic mass is 19.4.